The molecule has 1 amide bonds. The second kappa shape index (κ2) is 7.11. The summed E-state index contributed by atoms with van der Waals surface area (Å²) in [6.45, 7) is 3.92. The molecule has 2 rings (SSSR count). The van der Waals surface area contributed by atoms with Crippen LogP contribution in [0.15, 0.2) is 30.3 Å². The molecule has 1 N–H and O–H groups in total. The van der Waals surface area contributed by atoms with Crippen LogP contribution < -0.4 is 4.90 Å². The molecular weight excluding hydrogens is 321 g/mol. The van der Waals surface area contributed by atoms with Gasteiger partial charge in [0.05, 0.1) is 6.54 Å². The maximum Gasteiger partial charge on any atom is 0.417 e. The van der Waals surface area contributed by atoms with Gasteiger partial charge in [-0.3, -0.25) is 9.69 Å². The van der Waals surface area contributed by atoms with Gasteiger partial charge in [-0.15, -0.1) is 0 Å². The summed E-state index contributed by atoms with van der Waals surface area (Å²) in [5.41, 5.74) is -1.87. The Bertz CT molecular complexity index is 553. The minimum atomic E-state index is -4.63. The maximum absolute atomic E-state index is 12.8. The molecule has 1 saturated heterocycles. The zero-order valence-corrected chi connectivity index (χ0v) is 13.9. The molecule has 1 aliphatic rings. The van der Waals surface area contributed by atoms with Gasteiger partial charge in [-0.2, -0.15) is 13.2 Å². The van der Waals surface area contributed by atoms with E-state index in [-0.39, 0.29) is 31.6 Å². The number of amides is 1. The number of nitrogens with zero attached hydrogens (tertiary/aromatic N) is 2. The summed E-state index contributed by atoms with van der Waals surface area (Å²) in [5, 5.41) is 9.69. The van der Waals surface area contributed by atoms with E-state index in [0.29, 0.717) is 0 Å². The third kappa shape index (κ3) is 4.08. The summed E-state index contributed by atoms with van der Waals surface area (Å²) in [6.07, 6.45) is -5.44. The minimum Gasteiger partial charge on any atom is -0.380 e. The van der Waals surface area contributed by atoms with Crippen molar-refractivity contribution in [2.24, 2.45) is 0 Å². The first-order chi connectivity index (χ1) is 11.1. The Labute approximate surface area is 139 Å². The van der Waals surface area contributed by atoms with Gasteiger partial charge >= 0.3 is 6.18 Å². The van der Waals surface area contributed by atoms with E-state index in [0.717, 1.165) is 5.69 Å². The summed E-state index contributed by atoms with van der Waals surface area (Å²) in [5.74, 6) is -0.159. The zero-order chi connectivity index (χ0) is 18.0. The smallest absolute Gasteiger partial charge is 0.380 e. The fourth-order valence-corrected chi connectivity index (χ4v) is 2.95. The number of piperidine rings is 1. The average Bonchev–Trinajstić information content (AvgIpc) is 2.49. The Kier molecular flexibility index (Phi) is 5.55. The Morgan fingerprint density at radius 1 is 1.25 bits per heavy atom. The van der Waals surface area contributed by atoms with Gasteiger partial charge in [0.2, 0.25) is 5.91 Å². The first kappa shape index (κ1) is 18.7. The zero-order valence-electron chi connectivity index (χ0n) is 13.9. The monoisotopic (exact) mass is 344 g/mol. The molecule has 1 aromatic rings. The standard InChI is InChI=1S/C17H23F3N2O2/c1-13(2)22(14-6-4-3-5-7-14)15(23)12-21-10-8-16(24,9-11-21)17(18,19)20/h3-7,13,24H,8-12H2,1-2H3. The molecule has 0 spiro atoms. The molecule has 1 aliphatic heterocycles. The Morgan fingerprint density at radius 2 is 1.79 bits per heavy atom. The Morgan fingerprint density at radius 3 is 2.25 bits per heavy atom. The number of anilines is 1. The van der Waals surface area contributed by atoms with E-state index in [4.69, 9.17) is 0 Å². The first-order valence-corrected chi connectivity index (χ1v) is 8.02. The predicted molar refractivity (Wildman–Crippen MR) is 85.7 cm³/mol. The highest BCUT2D eigenvalue weighted by Gasteiger charge is 2.54. The summed E-state index contributed by atoms with van der Waals surface area (Å²) < 4.78 is 38.5. The van der Waals surface area contributed by atoms with Crippen LogP contribution in [0.1, 0.15) is 26.7 Å². The van der Waals surface area contributed by atoms with E-state index < -0.39 is 24.6 Å². The van der Waals surface area contributed by atoms with Crippen molar-refractivity contribution in [2.45, 2.75) is 44.5 Å². The lowest BCUT2D eigenvalue weighted by molar-refractivity contribution is -0.272. The van der Waals surface area contributed by atoms with Crippen molar-refractivity contribution in [1.82, 2.24) is 4.90 Å². The van der Waals surface area contributed by atoms with Crippen LogP contribution >= 0.6 is 0 Å². The van der Waals surface area contributed by atoms with Crippen LogP contribution in [0.3, 0.4) is 0 Å². The van der Waals surface area contributed by atoms with Gasteiger partial charge < -0.3 is 10.0 Å². The van der Waals surface area contributed by atoms with Gasteiger partial charge in [0, 0.05) is 24.8 Å². The largest absolute Gasteiger partial charge is 0.417 e. The molecular formula is C17H23F3N2O2. The second-order valence-corrected chi connectivity index (χ2v) is 6.50. The van der Waals surface area contributed by atoms with Crippen molar-refractivity contribution in [3.05, 3.63) is 30.3 Å². The highest BCUT2D eigenvalue weighted by atomic mass is 19.4. The van der Waals surface area contributed by atoms with Crippen molar-refractivity contribution >= 4 is 11.6 Å². The van der Waals surface area contributed by atoms with Crippen LogP contribution in [-0.4, -0.2) is 53.4 Å². The molecule has 0 radical (unpaired) electrons. The van der Waals surface area contributed by atoms with E-state index in [1.165, 1.54) is 0 Å². The number of alkyl halides is 3. The Balaban J connectivity index is 2.00. The number of likely N-dealkylation sites (tertiary alicyclic amines) is 1. The molecule has 4 nitrogen and oxygen atoms in total. The lowest BCUT2D eigenvalue weighted by Crippen LogP contribution is -2.55. The first-order valence-electron chi connectivity index (χ1n) is 8.02. The number of hydrogen-bond donors (Lipinski definition) is 1. The lowest BCUT2D eigenvalue weighted by Gasteiger charge is -2.39. The van der Waals surface area contributed by atoms with Crippen LogP contribution in [0.4, 0.5) is 18.9 Å². The van der Waals surface area contributed by atoms with Crippen LogP contribution in [0, 0.1) is 0 Å². The molecule has 7 heteroatoms. The number of carbonyl (C=O) groups is 1. The van der Waals surface area contributed by atoms with Crippen LogP contribution in [0.2, 0.25) is 0 Å². The highest BCUT2D eigenvalue weighted by molar-refractivity contribution is 5.95. The van der Waals surface area contributed by atoms with E-state index in [2.05, 4.69) is 0 Å². The number of hydrogen-bond acceptors (Lipinski definition) is 3. The molecule has 1 aromatic carbocycles. The van der Waals surface area contributed by atoms with Gasteiger partial charge in [-0.25, -0.2) is 0 Å². The quantitative estimate of drug-likeness (QED) is 0.913. The molecule has 0 aromatic heterocycles. The predicted octanol–water partition coefficient (Wildman–Crippen LogP) is 2.82. The van der Waals surface area contributed by atoms with Gasteiger partial charge in [0.1, 0.15) is 0 Å². The normalized spacial score (nSPS) is 18.6. The molecule has 0 bridgehead atoms. The summed E-state index contributed by atoms with van der Waals surface area (Å²) in [4.78, 5) is 15.9. The fourth-order valence-electron chi connectivity index (χ4n) is 2.95. The van der Waals surface area contributed by atoms with Crippen molar-refractivity contribution in [3.63, 3.8) is 0 Å². The van der Waals surface area contributed by atoms with E-state index in [1.807, 2.05) is 44.2 Å². The van der Waals surface area contributed by atoms with Crippen molar-refractivity contribution in [1.29, 1.82) is 0 Å². The number of carbonyl (C=O) groups excluding carboxylic acids is 1. The maximum atomic E-state index is 12.8. The fraction of sp³-hybridized carbons (Fsp3) is 0.588. The summed E-state index contributed by atoms with van der Waals surface area (Å²) >= 11 is 0. The number of rotatable bonds is 4. The van der Waals surface area contributed by atoms with Crippen LogP contribution in [0.25, 0.3) is 0 Å². The lowest BCUT2D eigenvalue weighted by atomic mass is 9.91. The molecule has 0 saturated carbocycles. The SMILES string of the molecule is CC(C)N(C(=O)CN1CCC(O)(C(F)(F)F)CC1)c1ccccc1. The molecule has 1 fully saturated rings. The highest BCUT2D eigenvalue weighted by Crippen LogP contribution is 2.38. The van der Waals surface area contributed by atoms with Crippen LogP contribution in [-0.2, 0) is 4.79 Å². The van der Waals surface area contributed by atoms with Gasteiger partial charge in [-0.1, -0.05) is 18.2 Å². The van der Waals surface area contributed by atoms with Crippen molar-refractivity contribution < 1.29 is 23.1 Å². The van der Waals surface area contributed by atoms with E-state index in [9.17, 15) is 23.1 Å². The van der Waals surface area contributed by atoms with Crippen molar-refractivity contribution in [2.75, 3.05) is 24.5 Å². The van der Waals surface area contributed by atoms with Gasteiger partial charge in [-0.05, 0) is 38.8 Å². The molecule has 0 atom stereocenters. The molecule has 1 heterocycles. The van der Waals surface area contributed by atoms with Gasteiger partial charge in [0.15, 0.2) is 5.60 Å². The average molecular weight is 344 g/mol. The van der Waals surface area contributed by atoms with Crippen molar-refractivity contribution in [3.8, 4) is 0 Å². The molecule has 134 valence electrons. The minimum absolute atomic E-state index is 0.0427. The number of para-hydroxylation sites is 1. The van der Waals surface area contributed by atoms with Crippen LogP contribution in [0.5, 0.6) is 0 Å². The van der Waals surface area contributed by atoms with E-state index >= 15 is 0 Å². The topological polar surface area (TPSA) is 43.8 Å². The summed E-state index contributed by atoms with van der Waals surface area (Å²) in [6, 6.07) is 9.13. The molecule has 24 heavy (non-hydrogen) atoms. The molecule has 0 unspecified atom stereocenters. The Hall–Kier alpha value is -1.60. The number of halogens is 3. The third-order valence-electron chi connectivity index (χ3n) is 4.39. The number of aliphatic hydroxyl groups is 1. The number of benzene rings is 1. The second-order valence-electron chi connectivity index (χ2n) is 6.50. The van der Waals surface area contributed by atoms with Gasteiger partial charge in [0.25, 0.3) is 0 Å². The van der Waals surface area contributed by atoms with E-state index in [1.54, 1.807) is 9.80 Å². The summed E-state index contributed by atoms with van der Waals surface area (Å²) in [7, 11) is 0. The third-order valence-corrected chi connectivity index (χ3v) is 4.39. The molecule has 0 aliphatic carbocycles.